The average Bonchev–Trinajstić information content (AvgIpc) is 2.25. The molecule has 3 nitrogen and oxygen atoms in total. The van der Waals surface area contributed by atoms with Crippen LogP contribution in [0.2, 0.25) is 0 Å². The number of hydrogen-bond donors (Lipinski definition) is 1. The highest BCUT2D eigenvalue weighted by Gasteiger charge is 2.16. The Hall–Kier alpha value is -0.770. The molecular formula is C11H15BrN2O. The molecule has 2 rings (SSSR count). The minimum Gasteiger partial charge on any atom is -0.489 e. The van der Waals surface area contributed by atoms with E-state index in [9.17, 15) is 0 Å². The fourth-order valence-corrected chi connectivity index (χ4v) is 2.20. The van der Waals surface area contributed by atoms with Crippen LogP contribution in [0.25, 0.3) is 0 Å². The van der Waals surface area contributed by atoms with Crippen LogP contribution in [0.5, 0.6) is 5.75 Å². The molecular weight excluding hydrogens is 256 g/mol. The van der Waals surface area contributed by atoms with E-state index in [1.54, 1.807) is 12.3 Å². The molecule has 0 radical (unpaired) electrons. The number of aromatic nitrogens is 1. The summed E-state index contributed by atoms with van der Waals surface area (Å²) in [6.07, 6.45) is 8.19. The number of rotatable bonds is 2. The lowest BCUT2D eigenvalue weighted by atomic mass is 9.98. The second-order valence-electron chi connectivity index (χ2n) is 3.92. The molecule has 0 aliphatic heterocycles. The van der Waals surface area contributed by atoms with E-state index in [-0.39, 0.29) is 0 Å². The highest BCUT2D eigenvalue weighted by Crippen LogP contribution is 2.29. The van der Waals surface area contributed by atoms with Crippen LogP contribution in [-0.4, -0.2) is 11.1 Å². The molecule has 0 aromatic carbocycles. The molecule has 1 aromatic rings. The van der Waals surface area contributed by atoms with E-state index in [0.29, 0.717) is 11.9 Å². The zero-order valence-corrected chi connectivity index (χ0v) is 10.2. The van der Waals surface area contributed by atoms with Crippen LogP contribution in [0.1, 0.15) is 32.1 Å². The summed E-state index contributed by atoms with van der Waals surface area (Å²) in [5.41, 5.74) is 5.62. The molecule has 0 atom stereocenters. The summed E-state index contributed by atoms with van der Waals surface area (Å²) < 4.78 is 6.78. The summed E-state index contributed by atoms with van der Waals surface area (Å²) in [6, 6.07) is 1.78. The molecule has 1 aromatic heterocycles. The second kappa shape index (κ2) is 4.84. The number of anilines is 1. The molecule has 15 heavy (non-hydrogen) atoms. The van der Waals surface area contributed by atoms with Crippen LogP contribution in [0, 0.1) is 0 Å². The number of nitrogen functional groups attached to an aromatic ring is 1. The number of nitrogens with two attached hydrogens (primary N) is 1. The molecule has 0 bridgehead atoms. The van der Waals surface area contributed by atoms with Gasteiger partial charge in [-0.3, -0.25) is 0 Å². The highest BCUT2D eigenvalue weighted by molar-refractivity contribution is 9.10. The fourth-order valence-electron chi connectivity index (χ4n) is 1.89. The van der Waals surface area contributed by atoms with Crippen molar-refractivity contribution in [2.24, 2.45) is 0 Å². The van der Waals surface area contributed by atoms with Gasteiger partial charge in [0, 0.05) is 12.3 Å². The number of hydrogen-bond acceptors (Lipinski definition) is 3. The largest absolute Gasteiger partial charge is 0.489 e. The van der Waals surface area contributed by atoms with E-state index in [1.807, 2.05) is 0 Å². The first-order valence-electron chi connectivity index (χ1n) is 5.33. The molecule has 1 aliphatic carbocycles. The van der Waals surface area contributed by atoms with Crippen molar-refractivity contribution in [3.05, 3.63) is 16.7 Å². The van der Waals surface area contributed by atoms with E-state index in [4.69, 9.17) is 10.5 Å². The SMILES string of the molecule is Nc1cc(OC2CCCCC2)c(Br)cn1. The Balaban J connectivity index is 2.05. The van der Waals surface area contributed by atoms with Gasteiger partial charge in [0.15, 0.2) is 0 Å². The highest BCUT2D eigenvalue weighted by atomic mass is 79.9. The zero-order valence-electron chi connectivity index (χ0n) is 8.58. The molecule has 0 spiro atoms. The van der Waals surface area contributed by atoms with Gasteiger partial charge in [0.1, 0.15) is 11.6 Å². The van der Waals surface area contributed by atoms with Crippen LogP contribution in [0.4, 0.5) is 5.82 Å². The lowest BCUT2D eigenvalue weighted by Gasteiger charge is -2.23. The van der Waals surface area contributed by atoms with Gasteiger partial charge in [-0.05, 0) is 41.6 Å². The third kappa shape index (κ3) is 2.84. The van der Waals surface area contributed by atoms with Crippen LogP contribution in [0.15, 0.2) is 16.7 Å². The van der Waals surface area contributed by atoms with Crippen molar-refractivity contribution in [1.29, 1.82) is 0 Å². The molecule has 0 amide bonds. The normalized spacial score (nSPS) is 17.7. The average molecular weight is 271 g/mol. The van der Waals surface area contributed by atoms with Crippen LogP contribution in [-0.2, 0) is 0 Å². The standard InChI is InChI=1S/C11H15BrN2O/c12-9-7-14-11(13)6-10(9)15-8-4-2-1-3-5-8/h6-8H,1-5H2,(H2,13,14). The first-order chi connectivity index (χ1) is 7.25. The van der Waals surface area contributed by atoms with Gasteiger partial charge in [0.25, 0.3) is 0 Å². The van der Waals surface area contributed by atoms with Crippen molar-refractivity contribution >= 4 is 21.7 Å². The Bertz CT molecular complexity index is 337. The van der Waals surface area contributed by atoms with Crippen LogP contribution < -0.4 is 10.5 Å². The Labute approximate surface area is 98.2 Å². The van der Waals surface area contributed by atoms with Gasteiger partial charge in [0.2, 0.25) is 0 Å². The maximum Gasteiger partial charge on any atom is 0.139 e. The van der Waals surface area contributed by atoms with Crippen molar-refractivity contribution in [3.8, 4) is 5.75 Å². The summed E-state index contributed by atoms with van der Waals surface area (Å²) >= 11 is 3.41. The van der Waals surface area contributed by atoms with Gasteiger partial charge < -0.3 is 10.5 Å². The minimum absolute atomic E-state index is 0.344. The Kier molecular flexibility index (Phi) is 3.46. The van der Waals surface area contributed by atoms with Gasteiger partial charge in [-0.25, -0.2) is 4.98 Å². The van der Waals surface area contributed by atoms with Crippen molar-refractivity contribution in [2.45, 2.75) is 38.2 Å². The van der Waals surface area contributed by atoms with Crippen LogP contribution in [0.3, 0.4) is 0 Å². The van der Waals surface area contributed by atoms with Gasteiger partial charge in [-0.1, -0.05) is 6.42 Å². The molecule has 0 saturated heterocycles. The van der Waals surface area contributed by atoms with Crippen molar-refractivity contribution in [1.82, 2.24) is 4.98 Å². The summed E-state index contributed by atoms with van der Waals surface area (Å²) in [5, 5.41) is 0. The third-order valence-electron chi connectivity index (χ3n) is 2.69. The number of nitrogens with zero attached hydrogens (tertiary/aromatic N) is 1. The summed E-state index contributed by atoms with van der Waals surface area (Å²) in [5.74, 6) is 1.32. The molecule has 1 saturated carbocycles. The van der Waals surface area contributed by atoms with Gasteiger partial charge in [-0.2, -0.15) is 0 Å². The van der Waals surface area contributed by atoms with Crippen LogP contribution >= 0.6 is 15.9 Å². The van der Waals surface area contributed by atoms with Crippen molar-refractivity contribution < 1.29 is 4.74 Å². The lowest BCUT2D eigenvalue weighted by Crippen LogP contribution is -2.19. The molecule has 0 unspecified atom stereocenters. The lowest BCUT2D eigenvalue weighted by molar-refractivity contribution is 0.154. The quantitative estimate of drug-likeness (QED) is 0.898. The molecule has 2 N–H and O–H groups in total. The molecule has 82 valence electrons. The Morgan fingerprint density at radius 3 is 2.80 bits per heavy atom. The van der Waals surface area contributed by atoms with Gasteiger partial charge in [0.05, 0.1) is 10.6 Å². The second-order valence-corrected chi connectivity index (χ2v) is 4.77. The van der Waals surface area contributed by atoms with E-state index < -0.39 is 0 Å². The monoisotopic (exact) mass is 270 g/mol. The summed E-state index contributed by atoms with van der Waals surface area (Å²) in [4.78, 5) is 3.98. The molecule has 1 heterocycles. The predicted molar refractivity (Wildman–Crippen MR) is 63.9 cm³/mol. The Morgan fingerprint density at radius 1 is 1.33 bits per heavy atom. The van der Waals surface area contributed by atoms with E-state index >= 15 is 0 Å². The first kappa shape index (κ1) is 10.7. The zero-order chi connectivity index (χ0) is 10.7. The number of pyridine rings is 1. The van der Waals surface area contributed by atoms with Crippen molar-refractivity contribution in [2.75, 3.05) is 5.73 Å². The summed E-state index contributed by atoms with van der Waals surface area (Å²) in [7, 11) is 0. The maximum atomic E-state index is 5.90. The summed E-state index contributed by atoms with van der Waals surface area (Å²) in [6.45, 7) is 0. The molecule has 4 heteroatoms. The smallest absolute Gasteiger partial charge is 0.139 e. The van der Waals surface area contributed by atoms with E-state index in [2.05, 4.69) is 20.9 Å². The number of ether oxygens (including phenoxy) is 1. The minimum atomic E-state index is 0.344. The number of halogens is 1. The topological polar surface area (TPSA) is 48.1 Å². The first-order valence-corrected chi connectivity index (χ1v) is 6.12. The molecule has 1 aliphatic rings. The van der Waals surface area contributed by atoms with E-state index in [0.717, 1.165) is 23.1 Å². The predicted octanol–water partition coefficient (Wildman–Crippen LogP) is 3.14. The van der Waals surface area contributed by atoms with Gasteiger partial charge >= 0.3 is 0 Å². The maximum absolute atomic E-state index is 5.90. The fraction of sp³-hybridized carbons (Fsp3) is 0.545. The third-order valence-corrected chi connectivity index (χ3v) is 3.28. The Morgan fingerprint density at radius 2 is 2.07 bits per heavy atom. The van der Waals surface area contributed by atoms with Gasteiger partial charge in [-0.15, -0.1) is 0 Å². The molecule has 1 fully saturated rings. The van der Waals surface area contributed by atoms with E-state index in [1.165, 1.54) is 19.3 Å². The van der Waals surface area contributed by atoms with Crippen molar-refractivity contribution in [3.63, 3.8) is 0 Å².